The summed E-state index contributed by atoms with van der Waals surface area (Å²) in [5, 5.41) is 0. The van der Waals surface area contributed by atoms with E-state index in [0.29, 0.717) is 12.1 Å². The first-order valence-electron chi connectivity index (χ1n) is 6.49. The standard InChI is InChI=1S/C13H5F13O2/c14-8(15)10(18,19)28-6-4-2-1-3-5(6)7(27)9(16,17)11(20,21)12(22,23)13(24,25)26/h1-4,8H. The van der Waals surface area contributed by atoms with Gasteiger partial charge in [0.25, 0.3) is 0 Å². The molecule has 1 rings (SSSR count). The molecule has 0 spiro atoms. The first-order valence-corrected chi connectivity index (χ1v) is 6.49. The summed E-state index contributed by atoms with van der Waals surface area (Å²) in [4.78, 5) is 11.5. The summed E-state index contributed by atoms with van der Waals surface area (Å²) >= 11 is 0. The van der Waals surface area contributed by atoms with Gasteiger partial charge in [0.15, 0.2) is 0 Å². The second kappa shape index (κ2) is 6.99. The van der Waals surface area contributed by atoms with E-state index in [1.807, 2.05) is 0 Å². The molecule has 2 nitrogen and oxygen atoms in total. The maximum Gasteiger partial charge on any atom is 0.461 e. The molecular weight excluding hydrogens is 435 g/mol. The molecule has 0 aromatic heterocycles. The smallest absolute Gasteiger partial charge is 0.428 e. The molecule has 0 fully saturated rings. The first kappa shape index (κ1) is 23.8. The molecule has 0 saturated carbocycles. The van der Waals surface area contributed by atoms with Crippen LogP contribution in [-0.2, 0) is 0 Å². The number of carbonyl (C=O) groups excluding carboxylic acids is 1. The monoisotopic (exact) mass is 440 g/mol. The number of alkyl halides is 13. The van der Waals surface area contributed by atoms with Crippen LogP contribution in [0.25, 0.3) is 0 Å². The van der Waals surface area contributed by atoms with Crippen LogP contribution in [-0.4, -0.2) is 42.3 Å². The van der Waals surface area contributed by atoms with Crippen LogP contribution >= 0.6 is 0 Å². The minimum Gasteiger partial charge on any atom is -0.428 e. The molecule has 0 aliphatic carbocycles. The number of carbonyl (C=O) groups is 1. The fraction of sp³-hybridized carbons (Fsp3) is 0.462. The van der Waals surface area contributed by atoms with E-state index in [-0.39, 0.29) is 12.1 Å². The van der Waals surface area contributed by atoms with Gasteiger partial charge in [-0.25, -0.2) is 0 Å². The number of ketones is 1. The zero-order valence-electron chi connectivity index (χ0n) is 12.6. The van der Waals surface area contributed by atoms with Gasteiger partial charge in [-0.15, -0.1) is 0 Å². The van der Waals surface area contributed by atoms with Crippen LogP contribution in [0.4, 0.5) is 57.1 Å². The molecule has 1 aromatic carbocycles. The van der Waals surface area contributed by atoms with Crippen molar-refractivity contribution < 1.29 is 66.6 Å². The maximum absolute atomic E-state index is 13.6. The Bertz CT molecular complexity index is 723. The van der Waals surface area contributed by atoms with Crippen molar-refractivity contribution in [3.05, 3.63) is 29.8 Å². The van der Waals surface area contributed by atoms with E-state index < -0.39 is 53.6 Å². The SMILES string of the molecule is O=C(c1ccccc1OC(F)(F)C(F)F)C(F)(F)C(F)(F)C(F)(F)C(F)(F)F. The highest BCUT2D eigenvalue weighted by atomic mass is 19.4. The number of rotatable bonds is 7. The Kier molecular flexibility index (Phi) is 5.94. The molecule has 0 saturated heterocycles. The van der Waals surface area contributed by atoms with E-state index in [4.69, 9.17) is 0 Å². The van der Waals surface area contributed by atoms with E-state index in [0.717, 1.165) is 0 Å². The third-order valence-electron chi connectivity index (χ3n) is 3.06. The summed E-state index contributed by atoms with van der Waals surface area (Å²) in [6, 6.07) is 1.24. The third-order valence-corrected chi connectivity index (χ3v) is 3.06. The van der Waals surface area contributed by atoms with Gasteiger partial charge < -0.3 is 4.74 Å². The molecule has 0 amide bonds. The van der Waals surface area contributed by atoms with Gasteiger partial charge in [0.05, 0.1) is 5.56 Å². The second-order valence-electron chi connectivity index (χ2n) is 5.01. The average Bonchev–Trinajstić information content (AvgIpc) is 2.52. The highest BCUT2D eigenvalue weighted by molar-refractivity contribution is 6.04. The van der Waals surface area contributed by atoms with Gasteiger partial charge in [-0.05, 0) is 12.1 Å². The highest BCUT2D eigenvalue weighted by Crippen LogP contribution is 2.54. The maximum atomic E-state index is 13.6. The van der Waals surface area contributed by atoms with Crippen molar-refractivity contribution >= 4 is 5.78 Å². The summed E-state index contributed by atoms with van der Waals surface area (Å²) < 4.78 is 169. The number of para-hydroxylation sites is 1. The Morgan fingerprint density at radius 1 is 0.786 bits per heavy atom. The van der Waals surface area contributed by atoms with Crippen LogP contribution in [0.3, 0.4) is 0 Å². The Morgan fingerprint density at radius 2 is 1.25 bits per heavy atom. The predicted molar refractivity (Wildman–Crippen MR) is 63.2 cm³/mol. The highest BCUT2D eigenvalue weighted by Gasteiger charge is 2.83. The molecule has 0 radical (unpaired) electrons. The number of hydrogen-bond donors (Lipinski definition) is 0. The van der Waals surface area contributed by atoms with Crippen LogP contribution in [0.5, 0.6) is 5.75 Å². The normalized spacial score (nSPS) is 14.4. The Hall–Kier alpha value is -2.22. The number of ether oxygens (including phenoxy) is 1. The molecule has 0 atom stereocenters. The van der Waals surface area contributed by atoms with Crippen molar-refractivity contribution in [3.8, 4) is 5.75 Å². The van der Waals surface area contributed by atoms with Crippen molar-refractivity contribution in [2.75, 3.05) is 0 Å². The van der Waals surface area contributed by atoms with Gasteiger partial charge in [0.2, 0.25) is 5.78 Å². The van der Waals surface area contributed by atoms with Gasteiger partial charge in [0, 0.05) is 0 Å². The van der Waals surface area contributed by atoms with E-state index in [1.54, 1.807) is 0 Å². The van der Waals surface area contributed by atoms with E-state index >= 15 is 0 Å². The lowest BCUT2D eigenvalue weighted by Crippen LogP contribution is -2.63. The minimum atomic E-state index is -7.41. The molecule has 0 bridgehead atoms. The molecular formula is C13H5F13O2. The van der Waals surface area contributed by atoms with Crippen molar-refractivity contribution in [2.45, 2.75) is 36.5 Å². The largest absolute Gasteiger partial charge is 0.461 e. The molecule has 28 heavy (non-hydrogen) atoms. The van der Waals surface area contributed by atoms with Crippen molar-refractivity contribution in [1.29, 1.82) is 0 Å². The fourth-order valence-corrected chi connectivity index (χ4v) is 1.62. The van der Waals surface area contributed by atoms with Crippen LogP contribution in [0.2, 0.25) is 0 Å². The molecule has 0 aliphatic rings. The summed E-state index contributed by atoms with van der Waals surface area (Å²) in [5.74, 6) is -27.0. The van der Waals surface area contributed by atoms with Gasteiger partial charge in [-0.3, -0.25) is 4.79 Å². The van der Waals surface area contributed by atoms with Gasteiger partial charge >= 0.3 is 36.5 Å². The van der Waals surface area contributed by atoms with Crippen LogP contribution in [0, 0.1) is 0 Å². The Morgan fingerprint density at radius 3 is 1.68 bits per heavy atom. The topological polar surface area (TPSA) is 26.3 Å². The zero-order chi connectivity index (χ0) is 22.3. The molecule has 0 aliphatic heterocycles. The number of halogens is 13. The predicted octanol–water partition coefficient (Wildman–Crippen LogP) is 5.57. The number of benzene rings is 1. The molecule has 15 heteroatoms. The summed E-state index contributed by atoms with van der Waals surface area (Å²) in [6.07, 6.45) is -17.3. The lowest BCUT2D eigenvalue weighted by atomic mass is 9.95. The van der Waals surface area contributed by atoms with Crippen molar-refractivity contribution in [2.24, 2.45) is 0 Å². The first-order chi connectivity index (χ1) is 12.3. The number of hydrogen-bond acceptors (Lipinski definition) is 2. The lowest BCUT2D eigenvalue weighted by Gasteiger charge is -2.33. The van der Waals surface area contributed by atoms with E-state index in [2.05, 4.69) is 4.74 Å². The zero-order valence-corrected chi connectivity index (χ0v) is 12.6. The molecule has 0 unspecified atom stereocenters. The molecule has 160 valence electrons. The quantitative estimate of drug-likeness (QED) is 0.409. The summed E-state index contributed by atoms with van der Waals surface area (Å²) in [7, 11) is 0. The lowest BCUT2D eigenvalue weighted by molar-refractivity contribution is -0.386. The van der Waals surface area contributed by atoms with Crippen LogP contribution in [0.1, 0.15) is 10.4 Å². The average molecular weight is 440 g/mol. The van der Waals surface area contributed by atoms with Gasteiger partial charge in [0.1, 0.15) is 5.75 Å². The van der Waals surface area contributed by atoms with Gasteiger partial charge in [-0.1, -0.05) is 12.1 Å². The fourth-order valence-electron chi connectivity index (χ4n) is 1.62. The third kappa shape index (κ3) is 3.83. The molecule has 0 N–H and O–H groups in total. The number of Topliss-reactive ketones (excluding diaryl/α,β-unsaturated/α-hetero) is 1. The van der Waals surface area contributed by atoms with Crippen molar-refractivity contribution in [1.82, 2.24) is 0 Å². The minimum absolute atomic E-state index is 0.00502. The van der Waals surface area contributed by atoms with Crippen LogP contribution in [0.15, 0.2) is 24.3 Å². The Balaban J connectivity index is 3.46. The second-order valence-corrected chi connectivity index (χ2v) is 5.01. The van der Waals surface area contributed by atoms with E-state index in [9.17, 15) is 61.9 Å². The van der Waals surface area contributed by atoms with E-state index in [1.165, 1.54) is 0 Å². The Labute approximate surface area is 145 Å². The summed E-state index contributed by atoms with van der Waals surface area (Å²) in [5.41, 5.74) is -2.06. The van der Waals surface area contributed by atoms with Crippen molar-refractivity contribution in [3.63, 3.8) is 0 Å². The van der Waals surface area contributed by atoms with Crippen LogP contribution < -0.4 is 4.74 Å². The molecule has 1 aromatic rings. The summed E-state index contributed by atoms with van der Waals surface area (Å²) in [6.45, 7) is 0. The van der Waals surface area contributed by atoms with Gasteiger partial charge in [-0.2, -0.15) is 57.1 Å². The molecule has 0 heterocycles.